The maximum absolute atomic E-state index is 13.6. The fourth-order valence-electron chi connectivity index (χ4n) is 2.95. The monoisotopic (exact) mass is 295 g/mol. The van der Waals surface area contributed by atoms with Crippen LogP contribution in [0.5, 0.6) is 0 Å². The van der Waals surface area contributed by atoms with Crippen molar-refractivity contribution < 1.29 is 4.39 Å². The van der Waals surface area contributed by atoms with E-state index in [0.29, 0.717) is 0 Å². The van der Waals surface area contributed by atoms with Gasteiger partial charge in [0, 0.05) is 17.0 Å². The van der Waals surface area contributed by atoms with E-state index in [0.717, 1.165) is 28.7 Å². The first-order valence-electron chi connectivity index (χ1n) is 7.81. The first kappa shape index (κ1) is 15.8. The highest BCUT2D eigenvalue weighted by Crippen LogP contribution is 2.31. The van der Waals surface area contributed by atoms with Crippen LogP contribution in [-0.2, 0) is 0 Å². The lowest BCUT2D eigenvalue weighted by atomic mass is 10.0. The Morgan fingerprint density at radius 2 is 2.00 bits per heavy atom. The molecule has 20 heavy (non-hydrogen) atoms. The van der Waals surface area contributed by atoms with E-state index >= 15 is 0 Å². The summed E-state index contributed by atoms with van der Waals surface area (Å²) in [4.78, 5) is 0. The Labute approximate surface area is 126 Å². The second kappa shape index (κ2) is 8.04. The van der Waals surface area contributed by atoms with Gasteiger partial charge in [-0.05, 0) is 49.6 Å². The molecule has 1 fully saturated rings. The Bertz CT molecular complexity index is 395. The minimum atomic E-state index is -0.120. The molecule has 0 spiro atoms. The summed E-state index contributed by atoms with van der Waals surface area (Å²) in [5.74, 6) is 0.923. The van der Waals surface area contributed by atoms with Crippen LogP contribution in [0, 0.1) is 12.7 Å². The highest BCUT2D eigenvalue weighted by molar-refractivity contribution is 7.99. The molecule has 0 aromatic heterocycles. The second-order valence-corrected chi connectivity index (χ2v) is 7.10. The van der Waals surface area contributed by atoms with Gasteiger partial charge in [-0.1, -0.05) is 32.3 Å². The largest absolute Gasteiger partial charge is 0.310 e. The summed E-state index contributed by atoms with van der Waals surface area (Å²) in [7, 11) is 0. The Morgan fingerprint density at radius 3 is 2.65 bits per heavy atom. The minimum Gasteiger partial charge on any atom is -0.310 e. The number of nitrogens with one attached hydrogen (secondary N) is 1. The van der Waals surface area contributed by atoms with Crippen molar-refractivity contribution >= 4 is 11.8 Å². The van der Waals surface area contributed by atoms with Gasteiger partial charge >= 0.3 is 0 Å². The Kier molecular flexibility index (Phi) is 6.37. The molecule has 0 heterocycles. The standard InChI is InChI=1S/C17H26FNS/c1-3-19-17(12-20-16-7-5-4-6-8-16)14-9-13(2)10-15(18)11-14/h9-11,16-17,19H,3-8,12H2,1-2H3. The summed E-state index contributed by atoms with van der Waals surface area (Å²) in [6, 6.07) is 5.65. The van der Waals surface area contributed by atoms with Gasteiger partial charge in [-0.3, -0.25) is 0 Å². The van der Waals surface area contributed by atoms with Gasteiger partial charge in [-0.2, -0.15) is 11.8 Å². The van der Waals surface area contributed by atoms with Gasteiger partial charge in [0.25, 0.3) is 0 Å². The van der Waals surface area contributed by atoms with E-state index in [-0.39, 0.29) is 11.9 Å². The first-order valence-corrected chi connectivity index (χ1v) is 8.86. The number of benzene rings is 1. The molecule has 112 valence electrons. The van der Waals surface area contributed by atoms with Crippen molar-refractivity contribution in [2.45, 2.75) is 57.2 Å². The Morgan fingerprint density at radius 1 is 1.25 bits per heavy atom. The van der Waals surface area contributed by atoms with Gasteiger partial charge in [0.2, 0.25) is 0 Å². The molecule has 1 aliphatic carbocycles. The van der Waals surface area contributed by atoms with Crippen LogP contribution in [-0.4, -0.2) is 17.5 Å². The lowest BCUT2D eigenvalue weighted by Gasteiger charge is -2.25. The van der Waals surface area contributed by atoms with Gasteiger partial charge in [-0.25, -0.2) is 4.39 Å². The molecule has 0 aliphatic heterocycles. The van der Waals surface area contributed by atoms with E-state index in [1.54, 1.807) is 12.1 Å². The van der Waals surface area contributed by atoms with Crippen molar-refractivity contribution in [3.8, 4) is 0 Å². The van der Waals surface area contributed by atoms with Crippen LogP contribution in [0.15, 0.2) is 18.2 Å². The molecule has 1 atom stereocenters. The van der Waals surface area contributed by atoms with Crippen LogP contribution in [0.25, 0.3) is 0 Å². The molecular weight excluding hydrogens is 269 g/mol. The molecule has 0 bridgehead atoms. The van der Waals surface area contributed by atoms with Gasteiger partial charge in [0.1, 0.15) is 5.82 Å². The summed E-state index contributed by atoms with van der Waals surface area (Å²) in [5, 5.41) is 4.31. The molecule has 3 heteroatoms. The van der Waals surface area contributed by atoms with Crippen LogP contribution in [0.4, 0.5) is 4.39 Å². The van der Waals surface area contributed by atoms with Crippen molar-refractivity contribution in [1.82, 2.24) is 5.32 Å². The summed E-state index contributed by atoms with van der Waals surface area (Å²) in [5.41, 5.74) is 2.10. The third-order valence-corrected chi connectivity index (χ3v) is 5.44. The number of aryl methyl sites for hydroxylation is 1. The average molecular weight is 295 g/mol. The molecule has 1 nitrogen and oxygen atoms in total. The van der Waals surface area contributed by atoms with E-state index < -0.39 is 0 Å². The smallest absolute Gasteiger partial charge is 0.123 e. The van der Waals surface area contributed by atoms with Crippen LogP contribution in [0.1, 0.15) is 56.2 Å². The van der Waals surface area contributed by atoms with Crippen molar-refractivity contribution in [2.75, 3.05) is 12.3 Å². The van der Waals surface area contributed by atoms with Crippen molar-refractivity contribution in [2.24, 2.45) is 0 Å². The highest BCUT2D eigenvalue weighted by atomic mass is 32.2. The molecule has 2 rings (SSSR count). The summed E-state index contributed by atoms with van der Waals surface area (Å²) < 4.78 is 13.6. The zero-order valence-corrected chi connectivity index (χ0v) is 13.4. The third-order valence-electron chi connectivity index (χ3n) is 3.97. The van der Waals surface area contributed by atoms with E-state index in [1.807, 2.05) is 6.92 Å². The number of rotatable bonds is 6. The molecule has 0 radical (unpaired) electrons. The average Bonchev–Trinajstić information content (AvgIpc) is 2.43. The predicted octanol–water partition coefficient (Wildman–Crippen LogP) is 4.85. The minimum absolute atomic E-state index is 0.120. The number of hydrogen-bond acceptors (Lipinski definition) is 2. The number of halogens is 1. The zero-order valence-electron chi connectivity index (χ0n) is 12.6. The molecule has 1 N–H and O–H groups in total. The SMILES string of the molecule is CCNC(CSC1CCCCC1)c1cc(C)cc(F)c1. The molecule has 1 aliphatic rings. The predicted molar refractivity (Wildman–Crippen MR) is 86.9 cm³/mol. The van der Waals surface area contributed by atoms with E-state index in [1.165, 1.54) is 32.1 Å². The summed E-state index contributed by atoms with van der Waals surface area (Å²) in [6.07, 6.45) is 6.86. The van der Waals surface area contributed by atoms with Crippen LogP contribution < -0.4 is 5.32 Å². The van der Waals surface area contributed by atoms with Gasteiger partial charge in [0.05, 0.1) is 0 Å². The lowest BCUT2D eigenvalue weighted by Crippen LogP contribution is -2.24. The number of thioether (sulfide) groups is 1. The van der Waals surface area contributed by atoms with Gasteiger partial charge in [0.15, 0.2) is 0 Å². The topological polar surface area (TPSA) is 12.0 Å². The van der Waals surface area contributed by atoms with E-state index in [9.17, 15) is 4.39 Å². The molecule has 1 unspecified atom stereocenters. The van der Waals surface area contributed by atoms with Gasteiger partial charge < -0.3 is 5.32 Å². The number of hydrogen-bond donors (Lipinski definition) is 1. The molecule has 0 saturated heterocycles. The fourth-order valence-corrected chi connectivity index (χ4v) is 4.39. The molecule has 1 aromatic rings. The molecule has 1 aromatic carbocycles. The van der Waals surface area contributed by atoms with Crippen molar-refractivity contribution in [1.29, 1.82) is 0 Å². The molecule has 1 saturated carbocycles. The van der Waals surface area contributed by atoms with E-state index in [4.69, 9.17) is 0 Å². The highest BCUT2D eigenvalue weighted by Gasteiger charge is 2.18. The van der Waals surface area contributed by atoms with Crippen molar-refractivity contribution in [3.05, 3.63) is 35.1 Å². The van der Waals surface area contributed by atoms with Crippen LogP contribution in [0.3, 0.4) is 0 Å². The Balaban J connectivity index is 1.98. The Hall–Kier alpha value is -0.540. The van der Waals surface area contributed by atoms with Gasteiger partial charge in [-0.15, -0.1) is 0 Å². The fraction of sp³-hybridized carbons (Fsp3) is 0.647. The van der Waals surface area contributed by atoms with Crippen molar-refractivity contribution in [3.63, 3.8) is 0 Å². The first-order chi connectivity index (χ1) is 9.69. The zero-order chi connectivity index (χ0) is 14.4. The summed E-state index contributed by atoms with van der Waals surface area (Å²) in [6.45, 7) is 5.00. The quantitative estimate of drug-likeness (QED) is 0.805. The lowest BCUT2D eigenvalue weighted by molar-refractivity contribution is 0.514. The maximum atomic E-state index is 13.6. The van der Waals surface area contributed by atoms with Crippen LogP contribution in [0.2, 0.25) is 0 Å². The normalized spacial score (nSPS) is 18.1. The third kappa shape index (κ3) is 4.78. The molecule has 0 amide bonds. The second-order valence-electron chi connectivity index (χ2n) is 5.77. The van der Waals surface area contributed by atoms with E-state index in [2.05, 4.69) is 30.1 Å². The summed E-state index contributed by atoms with van der Waals surface area (Å²) >= 11 is 2.07. The van der Waals surface area contributed by atoms with Crippen LogP contribution >= 0.6 is 11.8 Å². The molecular formula is C17H26FNS. The maximum Gasteiger partial charge on any atom is 0.123 e.